The van der Waals surface area contributed by atoms with Crippen LogP contribution in [0.3, 0.4) is 0 Å². The molecule has 2 rings (SSSR count). The largest absolute Gasteiger partial charge is 0.449 e. The number of nitrogens with one attached hydrogen (secondary N) is 1. The summed E-state index contributed by atoms with van der Waals surface area (Å²) < 4.78 is 5.25. The predicted molar refractivity (Wildman–Crippen MR) is 93.2 cm³/mol. The van der Waals surface area contributed by atoms with Crippen molar-refractivity contribution in [2.75, 3.05) is 11.6 Å². The van der Waals surface area contributed by atoms with Gasteiger partial charge in [0.05, 0.1) is 5.56 Å². The van der Waals surface area contributed by atoms with E-state index in [0.29, 0.717) is 16.3 Å². The Morgan fingerprint density at radius 3 is 2.61 bits per heavy atom. The number of thioether (sulfide) groups is 1. The lowest BCUT2D eigenvalue weighted by atomic mass is 10.2. The van der Waals surface area contributed by atoms with Gasteiger partial charge in [0.1, 0.15) is 0 Å². The first-order valence-electron chi connectivity index (χ1n) is 6.91. The second-order valence-corrected chi connectivity index (χ2v) is 6.03. The highest BCUT2D eigenvalue weighted by atomic mass is 35.5. The molecular formula is C17H16ClNO3S. The third-order valence-corrected chi connectivity index (χ3v) is 4.10. The van der Waals surface area contributed by atoms with Crippen molar-refractivity contribution < 1.29 is 14.3 Å². The highest BCUT2D eigenvalue weighted by molar-refractivity contribution is 7.98. The molecule has 0 spiro atoms. The van der Waals surface area contributed by atoms with Crippen molar-refractivity contribution in [3.63, 3.8) is 0 Å². The summed E-state index contributed by atoms with van der Waals surface area (Å²) in [6, 6.07) is 13.9. The minimum Gasteiger partial charge on any atom is -0.449 e. The number of carbonyl (C=O) groups excluding carboxylic acids is 2. The van der Waals surface area contributed by atoms with Gasteiger partial charge in [0.2, 0.25) is 0 Å². The molecule has 23 heavy (non-hydrogen) atoms. The molecule has 0 aliphatic carbocycles. The maximum atomic E-state index is 12.2. The smallest absolute Gasteiger partial charge is 0.340 e. The first-order chi connectivity index (χ1) is 11.0. The molecule has 1 atom stereocenters. The van der Waals surface area contributed by atoms with E-state index in [1.165, 1.54) is 18.7 Å². The Kier molecular flexibility index (Phi) is 6.07. The Morgan fingerprint density at radius 2 is 1.91 bits per heavy atom. The number of esters is 1. The van der Waals surface area contributed by atoms with E-state index in [4.69, 9.17) is 16.3 Å². The number of halogens is 1. The molecule has 0 aromatic heterocycles. The number of amides is 1. The Bertz CT molecular complexity index is 720. The zero-order chi connectivity index (χ0) is 16.8. The molecule has 120 valence electrons. The number of benzene rings is 2. The lowest BCUT2D eigenvalue weighted by Crippen LogP contribution is -2.30. The van der Waals surface area contributed by atoms with Gasteiger partial charge in [0.25, 0.3) is 5.91 Å². The van der Waals surface area contributed by atoms with Gasteiger partial charge >= 0.3 is 5.97 Å². The van der Waals surface area contributed by atoms with Gasteiger partial charge < -0.3 is 10.1 Å². The van der Waals surface area contributed by atoms with Gasteiger partial charge in [0.15, 0.2) is 6.10 Å². The van der Waals surface area contributed by atoms with Gasteiger partial charge in [-0.15, -0.1) is 11.8 Å². The summed E-state index contributed by atoms with van der Waals surface area (Å²) in [6.07, 6.45) is 0.956. The highest BCUT2D eigenvalue weighted by Crippen LogP contribution is 2.21. The van der Waals surface area contributed by atoms with Crippen molar-refractivity contribution in [2.24, 2.45) is 0 Å². The molecule has 0 bridgehead atoms. The van der Waals surface area contributed by atoms with Crippen LogP contribution >= 0.6 is 23.4 Å². The standard InChI is InChI=1S/C17H16ClNO3S/c1-11(16(20)19-13-7-5-6-12(18)10-13)22-17(21)14-8-3-4-9-15(14)23-2/h3-11H,1-2H3,(H,19,20). The quantitative estimate of drug-likeness (QED) is 0.647. The minimum atomic E-state index is -0.920. The van der Waals surface area contributed by atoms with Crippen molar-refractivity contribution in [2.45, 2.75) is 17.9 Å². The second-order valence-electron chi connectivity index (χ2n) is 4.75. The van der Waals surface area contributed by atoms with Crippen molar-refractivity contribution in [1.82, 2.24) is 0 Å². The lowest BCUT2D eigenvalue weighted by Gasteiger charge is -2.14. The average molecular weight is 350 g/mol. The molecule has 0 fully saturated rings. The Morgan fingerprint density at radius 1 is 1.17 bits per heavy atom. The zero-order valence-electron chi connectivity index (χ0n) is 12.7. The fourth-order valence-corrected chi connectivity index (χ4v) is 2.68. The Labute approximate surface area is 144 Å². The van der Waals surface area contributed by atoms with Crippen LogP contribution in [0.1, 0.15) is 17.3 Å². The number of carbonyl (C=O) groups is 2. The summed E-state index contributed by atoms with van der Waals surface area (Å²) in [5.74, 6) is -0.939. The van der Waals surface area contributed by atoms with Crippen LogP contribution in [0.4, 0.5) is 5.69 Å². The monoisotopic (exact) mass is 349 g/mol. The van der Waals surface area contributed by atoms with Crippen LogP contribution in [0.25, 0.3) is 0 Å². The van der Waals surface area contributed by atoms with Gasteiger partial charge in [0, 0.05) is 15.6 Å². The molecule has 1 amide bonds. The molecular weight excluding hydrogens is 334 g/mol. The molecule has 0 saturated carbocycles. The predicted octanol–water partition coefficient (Wildman–Crippen LogP) is 4.25. The van der Waals surface area contributed by atoms with Crippen molar-refractivity contribution in [3.8, 4) is 0 Å². The van der Waals surface area contributed by atoms with E-state index in [1.807, 2.05) is 18.4 Å². The van der Waals surface area contributed by atoms with E-state index in [2.05, 4.69) is 5.32 Å². The van der Waals surface area contributed by atoms with E-state index in [1.54, 1.807) is 36.4 Å². The van der Waals surface area contributed by atoms with Gasteiger partial charge in [-0.1, -0.05) is 29.8 Å². The molecule has 6 heteroatoms. The van der Waals surface area contributed by atoms with Crippen LogP contribution < -0.4 is 5.32 Å². The van der Waals surface area contributed by atoms with Crippen LogP contribution in [-0.2, 0) is 9.53 Å². The van der Waals surface area contributed by atoms with Gasteiger partial charge in [-0.3, -0.25) is 4.79 Å². The number of hydrogen-bond donors (Lipinski definition) is 1. The third kappa shape index (κ3) is 4.74. The van der Waals surface area contributed by atoms with E-state index < -0.39 is 18.0 Å². The fourth-order valence-electron chi connectivity index (χ4n) is 1.90. The third-order valence-electron chi connectivity index (χ3n) is 3.07. The number of ether oxygens (including phenoxy) is 1. The van der Waals surface area contributed by atoms with Crippen molar-refractivity contribution in [1.29, 1.82) is 0 Å². The summed E-state index contributed by atoms with van der Waals surface area (Å²) in [4.78, 5) is 25.1. The summed E-state index contributed by atoms with van der Waals surface area (Å²) in [6.45, 7) is 1.53. The van der Waals surface area contributed by atoms with E-state index in [-0.39, 0.29) is 0 Å². The first kappa shape index (κ1) is 17.4. The van der Waals surface area contributed by atoms with Gasteiger partial charge in [-0.25, -0.2) is 4.79 Å². The molecule has 4 nitrogen and oxygen atoms in total. The van der Waals surface area contributed by atoms with Gasteiger partial charge in [-0.05, 0) is 43.5 Å². The van der Waals surface area contributed by atoms with Crippen LogP contribution in [0, 0.1) is 0 Å². The Balaban J connectivity index is 2.01. The molecule has 1 N–H and O–H groups in total. The topological polar surface area (TPSA) is 55.4 Å². The molecule has 1 unspecified atom stereocenters. The van der Waals surface area contributed by atoms with Crippen LogP contribution in [0.5, 0.6) is 0 Å². The number of hydrogen-bond acceptors (Lipinski definition) is 4. The zero-order valence-corrected chi connectivity index (χ0v) is 14.3. The van der Waals surface area contributed by atoms with E-state index >= 15 is 0 Å². The average Bonchev–Trinajstić information content (AvgIpc) is 2.54. The summed E-state index contributed by atoms with van der Waals surface area (Å²) >= 11 is 7.31. The van der Waals surface area contributed by atoms with Crippen LogP contribution in [0.2, 0.25) is 5.02 Å². The maximum Gasteiger partial charge on any atom is 0.340 e. The molecule has 0 heterocycles. The fraction of sp³-hybridized carbons (Fsp3) is 0.176. The molecule has 0 aliphatic rings. The number of rotatable bonds is 5. The minimum absolute atomic E-state index is 0.415. The summed E-state index contributed by atoms with van der Waals surface area (Å²) in [5.41, 5.74) is 0.998. The van der Waals surface area contributed by atoms with Crippen molar-refractivity contribution in [3.05, 3.63) is 59.1 Å². The van der Waals surface area contributed by atoms with E-state index in [0.717, 1.165) is 4.90 Å². The summed E-state index contributed by atoms with van der Waals surface area (Å²) in [5, 5.41) is 3.18. The highest BCUT2D eigenvalue weighted by Gasteiger charge is 2.20. The Hall–Kier alpha value is -1.98. The second kappa shape index (κ2) is 8.04. The summed E-state index contributed by atoms with van der Waals surface area (Å²) in [7, 11) is 0. The maximum absolute atomic E-state index is 12.2. The first-order valence-corrected chi connectivity index (χ1v) is 8.52. The number of anilines is 1. The normalized spacial score (nSPS) is 11.6. The van der Waals surface area contributed by atoms with Crippen LogP contribution in [0.15, 0.2) is 53.4 Å². The van der Waals surface area contributed by atoms with Crippen LogP contribution in [-0.4, -0.2) is 24.2 Å². The SMILES string of the molecule is CSc1ccccc1C(=O)OC(C)C(=O)Nc1cccc(Cl)c1. The molecule has 0 aliphatic heterocycles. The lowest BCUT2D eigenvalue weighted by molar-refractivity contribution is -0.123. The molecule has 0 radical (unpaired) electrons. The van der Waals surface area contributed by atoms with Crippen molar-refractivity contribution >= 4 is 40.9 Å². The molecule has 2 aromatic rings. The molecule has 0 saturated heterocycles. The molecule has 2 aromatic carbocycles. The van der Waals surface area contributed by atoms with Gasteiger partial charge in [-0.2, -0.15) is 0 Å². The van der Waals surface area contributed by atoms with E-state index in [9.17, 15) is 9.59 Å².